The van der Waals surface area contributed by atoms with E-state index < -0.39 is 0 Å². The van der Waals surface area contributed by atoms with Crippen molar-refractivity contribution in [1.29, 1.82) is 0 Å². The number of H-pyrrole nitrogens is 1. The van der Waals surface area contributed by atoms with Crippen LogP contribution in [0.15, 0.2) is 48.2 Å². The highest BCUT2D eigenvalue weighted by molar-refractivity contribution is 7.15. The third kappa shape index (κ3) is 2.01. The first-order chi connectivity index (χ1) is 9.90. The van der Waals surface area contributed by atoms with Gasteiger partial charge in [-0.1, -0.05) is 12.1 Å². The summed E-state index contributed by atoms with van der Waals surface area (Å²) in [5.74, 6) is 0. The number of benzene rings is 1. The Bertz CT molecular complexity index is 826. The summed E-state index contributed by atoms with van der Waals surface area (Å²) in [7, 11) is 0. The molecule has 100 valence electrons. The zero-order chi connectivity index (χ0) is 13.4. The molecule has 4 rings (SSSR count). The summed E-state index contributed by atoms with van der Waals surface area (Å²) in [4.78, 5) is 8.86. The zero-order valence-corrected chi connectivity index (χ0v) is 11.7. The second-order valence-corrected chi connectivity index (χ2v) is 5.66. The molecule has 4 aromatic rings. The summed E-state index contributed by atoms with van der Waals surface area (Å²) >= 11 is 1.66. The van der Waals surface area contributed by atoms with E-state index in [-0.39, 0.29) is 0 Å². The van der Waals surface area contributed by atoms with Crippen LogP contribution in [-0.2, 0) is 13.1 Å². The zero-order valence-electron chi connectivity index (χ0n) is 10.8. The third-order valence-electron chi connectivity index (χ3n) is 3.45. The molecule has 1 aromatic carbocycles. The Morgan fingerprint density at radius 1 is 1.25 bits per heavy atom. The molecule has 2 N–H and O–H groups in total. The van der Waals surface area contributed by atoms with Crippen molar-refractivity contribution in [3.63, 3.8) is 0 Å². The van der Waals surface area contributed by atoms with E-state index in [2.05, 4.69) is 50.1 Å². The lowest BCUT2D eigenvalue weighted by Crippen LogP contribution is -2.13. The van der Waals surface area contributed by atoms with Crippen molar-refractivity contribution in [2.24, 2.45) is 0 Å². The highest BCUT2D eigenvalue weighted by Crippen LogP contribution is 2.17. The number of imidazole rings is 1. The second kappa shape index (κ2) is 4.77. The summed E-state index contributed by atoms with van der Waals surface area (Å²) in [5.41, 5.74) is 3.58. The fourth-order valence-electron chi connectivity index (χ4n) is 2.49. The van der Waals surface area contributed by atoms with Gasteiger partial charge in [0.05, 0.1) is 5.69 Å². The fourth-order valence-corrected chi connectivity index (χ4v) is 3.21. The van der Waals surface area contributed by atoms with Gasteiger partial charge in [0.15, 0.2) is 4.96 Å². The van der Waals surface area contributed by atoms with Crippen molar-refractivity contribution in [2.45, 2.75) is 13.1 Å². The van der Waals surface area contributed by atoms with Gasteiger partial charge in [-0.05, 0) is 17.7 Å². The number of hydrogen-bond acceptors (Lipinski definition) is 3. The van der Waals surface area contributed by atoms with Crippen molar-refractivity contribution in [2.75, 3.05) is 0 Å². The Morgan fingerprint density at radius 2 is 2.25 bits per heavy atom. The molecule has 0 aliphatic carbocycles. The van der Waals surface area contributed by atoms with Crippen LogP contribution in [0.2, 0.25) is 0 Å². The van der Waals surface area contributed by atoms with Gasteiger partial charge in [0.2, 0.25) is 0 Å². The van der Waals surface area contributed by atoms with Gasteiger partial charge in [0.25, 0.3) is 0 Å². The van der Waals surface area contributed by atoms with Crippen molar-refractivity contribution in [3.05, 3.63) is 59.5 Å². The first kappa shape index (κ1) is 11.7. The molecule has 0 unspecified atom stereocenters. The van der Waals surface area contributed by atoms with E-state index in [4.69, 9.17) is 0 Å². The molecule has 0 spiro atoms. The molecule has 4 nitrogen and oxygen atoms in total. The number of rotatable bonds is 4. The van der Waals surface area contributed by atoms with Crippen molar-refractivity contribution < 1.29 is 0 Å². The number of thiazole rings is 1. The number of aromatic nitrogens is 3. The van der Waals surface area contributed by atoms with Crippen LogP contribution in [-0.4, -0.2) is 14.4 Å². The summed E-state index contributed by atoms with van der Waals surface area (Å²) < 4.78 is 2.06. The molecule has 5 heteroatoms. The molecule has 0 aliphatic rings. The number of nitrogens with zero attached hydrogens (tertiary/aromatic N) is 2. The topological polar surface area (TPSA) is 45.1 Å². The van der Waals surface area contributed by atoms with Crippen LogP contribution in [0.25, 0.3) is 15.9 Å². The Hall–Kier alpha value is -2.11. The van der Waals surface area contributed by atoms with E-state index >= 15 is 0 Å². The first-order valence-electron chi connectivity index (χ1n) is 6.57. The molecule has 0 amide bonds. The predicted octanol–water partition coefficient (Wildman–Crippen LogP) is 3.17. The van der Waals surface area contributed by atoms with Crippen molar-refractivity contribution >= 4 is 27.2 Å². The molecule has 0 radical (unpaired) electrons. The lowest BCUT2D eigenvalue weighted by Gasteiger charge is -2.04. The summed E-state index contributed by atoms with van der Waals surface area (Å²) in [5, 5.41) is 6.80. The number of hydrogen-bond donors (Lipinski definition) is 2. The maximum atomic E-state index is 4.57. The highest BCUT2D eigenvalue weighted by atomic mass is 32.1. The number of fused-ring (bicyclic) bond motifs is 2. The monoisotopic (exact) mass is 282 g/mol. The van der Waals surface area contributed by atoms with E-state index in [1.807, 2.05) is 17.8 Å². The highest BCUT2D eigenvalue weighted by Gasteiger charge is 2.04. The summed E-state index contributed by atoms with van der Waals surface area (Å²) in [6.45, 7) is 1.63. The molecule has 0 saturated carbocycles. The van der Waals surface area contributed by atoms with Gasteiger partial charge < -0.3 is 10.3 Å². The first-order valence-corrected chi connectivity index (χ1v) is 7.45. The lowest BCUT2D eigenvalue weighted by molar-refractivity contribution is 0.686. The van der Waals surface area contributed by atoms with Crippen molar-refractivity contribution in [1.82, 2.24) is 19.7 Å². The van der Waals surface area contributed by atoms with Gasteiger partial charge in [0.1, 0.15) is 0 Å². The normalized spacial score (nSPS) is 11.6. The van der Waals surface area contributed by atoms with Gasteiger partial charge in [-0.2, -0.15) is 0 Å². The predicted molar refractivity (Wildman–Crippen MR) is 81.9 cm³/mol. The van der Waals surface area contributed by atoms with E-state index in [1.165, 1.54) is 16.5 Å². The van der Waals surface area contributed by atoms with Crippen LogP contribution in [0.3, 0.4) is 0 Å². The SMILES string of the molecule is c1cc(CNCc2cn3ccsc3n2)c2cc[nH]c2c1. The molecule has 0 saturated heterocycles. The third-order valence-corrected chi connectivity index (χ3v) is 4.22. The summed E-state index contributed by atoms with van der Waals surface area (Å²) in [6.07, 6.45) is 6.10. The largest absolute Gasteiger partial charge is 0.361 e. The smallest absolute Gasteiger partial charge is 0.193 e. The van der Waals surface area contributed by atoms with Crippen LogP contribution >= 0.6 is 11.3 Å². The maximum Gasteiger partial charge on any atom is 0.193 e. The Labute approximate surface area is 120 Å². The molecule has 0 aliphatic heterocycles. The molecule has 3 heterocycles. The van der Waals surface area contributed by atoms with Crippen LogP contribution in [0.5, 0.6) is 0 Å². The molecule has 20 heavy (non-hydrogen) atoms. The van der Waals surface area contributed by atoms with Gasteiger partial charge in [-0.25, -0.2) is 4.98 Å². The minimum atomic E-state index is 0.787. The van der Waals surface area contributed by atoms with Gasteiger partial charge >= 0.3 is 0 Å². The van der Waals surface area contributed by atoms with Gasteiger partial charge in [0, 0.05) is 48.0 Å². The second-order valence-electron chi connectivity index (χ2n) is 4.78. The standard InChI is InChI=1S/C15H14N4S/c1-2-11(13-4-5-17-14(13)3-1)8-16-9-12-10-19-6-7-20-15(19)18-12/h1-7,10,16-17H,8-9H2. The van der Waals surface area contributed by atoms with Crippen molar-refractivity contribution in [3.8, 4) is 0 Å². The van der Waals surface area contributed by atoms with Gasteiger partial charge in [-0.15, -0.1) is 11.3 Å². The van der Waals surface area contributed by atoms with Crippen LogP contribution in [0, 0.1) is 0 Å². The van der Waals surface area contributed by atoms with Crippen LogP contribution < -0.4 is 5.32 Å². The summed E-state index contributed by atoms with van der Waals surface area (Å²) in [6, 6.07) is 8.47. The minimum absolute atomic E-state index is 0.787. The Morgan fingerprint density at radius 3 is 3.20 bits per heavy atom. The lowest BCUT2D eigenvalue weighted by atomic mass is 10.1. The van der Waals surface area contributed by atoms with Crippen LogP contribution in [0.1, 0.15) is 11.3 Å². The molecule has 0 atom stereocenters. The molecule has 3 aromatic heterocycles. The molecule has 0 fully saturated rings. The molecule has 0 bridgehead atoms. The number of nitrogens with one attached hydrogen (secondary N) is 2. The van der Waals surface area contributed by atoms with E-state index in [0.29, 0.717) is 0 Å². The Kier molecular flexibility index (Phi) is 2.79. The molecular weight excluding hydrogens is 268 g/mol. The fraction of sp³-hybridized carbons (Fsp3) is 0.133. The van der Waals surface area contributed by atoms with E-state index in [9.17, 15) is 0 Å². The Balaban J connectivity index is 1.48. The quantitative estimate of drug-likeness (QED) is 0.604. The van der Waals surface area contributed by atoms with E-state index in [0.717, 1.165) is 23.7 Å². The minimum Gasteiger partial charge on any atom is -0.361 e. The van der Waals surface area contributed by atoms with Gasteiger partial charge in [-0.3, -0.25) is 4.40 Å². The average molecular weight is 282 g/mol. The van der Waals surface area contributed by atoms with E-state index in [1.54, 1.807) is 11.3 Å². The van der Waals surface area contributed by atoms with Crippen LogP contribution in [0.4, 0.5) is 0 Å². The molecular formula is C15H14N4S. The maximum absolute atomic E-state index is 4.57. The average Bonchev–Trinajstić information content (AvgIpc) is 3.13. The number of aromatic amines is 1.